The molecule has 2 rings (SSSR count). The van der Waals surface area contributed by atoms with Gasteiger partial charge in [0.1, 0.15) is 0 Å². The van der Waals surface area contributed by atoms with Gasteiger partial charge in [-0.3, -0.25) is 4.79 Å². The molecule has 0 aromatic rings. The Labute approximate surface area is 78.0 Å². The molecule has 4 heteroatoms. The number of carbonyl (C=O) groups is 1. The van der Waals surface area contributed by atoms with E-state index in [1.54, 1.807) is 0 Å². The second kappa shape index (κ2) is 4.07. The zero-order valence-electron chi connectivity index (χ0n) is 7.71. The lowest BCUT2D eigenvalue weighted by molar-refractivity contribution is -0.127. The molecule has 13 heavy (non-hydrogen) atoms. The van der Waals surface area contributed by atoms with Crippen LogP contribution in [0, 0.1) is 0 Å². The Morgan fingerprint density at radius 2 is 2.23 bits per heavy atom. The highest BCUT2D eigenvalue weighted by Gasteiger charge is 2.25. The van der Waals surface area contributed by atoms with Crippen LogP contribution in [0.25, 0.3) is 0 Å². The Hall–Kier alpha value is -0.610. The molecule has 0 aromatic carbocycles. The number of nitrogens with one attached hydrogen (secondary N) is 2. The second-order valence-corrected chi connectivity index (χ2v) is 3.75. The van der Waals surface area contributed by atoms with Gasteiger partial charge in [-0.05, 0) is 19.4 Å². The molecule has 2 aliphatic rings. The molecule has 0 bridgehead atoms. The SMILES string of the molecule is O=C(NC1COC1)[C@@H]1CCCCN1. The maximum atomic E-state index is 11.6. The number of ether oxygens (including phenoxy) is 1. The van der Waals surface area contributed by atoms with Crippen molar-refractivity contribution in [3.63, 3.8) is 0 Å². The van der Waals surface area contributed by atoms with Crippen LogP contribution in [0.15, 0.2) is 0 Å². The minimum absolute atomic E-state index is 0.0364. The minimum Gasteiger partial charge on any atom is -0.377 e. The summed E-state index contributed by atoms with van der Waals surface area (Å²) in [5.41, 5.74) is 0. The van der Waals surface area contributed by atoms with Crippen molar-refractivity contribution in [1.82, 2.24) is 10.6 Å². The molecule has 2 fully saturated rings. The molecular formula is C9H16N2O2. The van der Waals surface area contributed by atoms with E-state index in [0.717, 1.165) is 19.4 Å². The van der Waals surface area contributed by atoms with Gasteiger partial charge in [0.25, 0.3) is 0 Å². The quantitative estimate of drug-likeness (QED) is 0.616. The number of amides is 1. The van der Waals surface area contributed by atoms with Crippen LogP contribution in [0.3, 0.4) is 0 Å². The van der Waals surface area contributed by atoms with Crippen LogP contribution in [0.5, 0.6) is 0 Å². The lowest BCUT2D eigenvalue weighted by atomic mass is 10.0. The van der Waals surface area contributed by atoms with Crippen molar-refractivity contribution in [2.75, 3.05) is 19.8 Å². The van der Waals surface area contributed by atoms with E-state index in [2.05, 4.69) is 10.6 Å². The van der Waals surface area contributed by atoms with Crippen LogP contribution in [0.1, 0.15) is 19.3 Å². The zero-order valence-corrected chi connectivity index (χ0v) is 7.71. The van der Waals surface area contributed by atoms with Gasteiger partial charge in [-0.15, -0.1) is 0 Å². The number of hydrogen-bond donors (Lipinski definition) is 2. The molecule has 0 saturated carbocycles. The average Bonchev–Trinajstić information content (AvgIpc) is 2.12. The van der Waals surface area contributed by atoms with Crippen LogP contribution >= 0.6 is 0 Å². The first kappa shape index (κ1) is 8.97. The molecule has 2 aliphatic heterocycles. The maximum absolute atomic E-state index is 11.6. The Balaban J connectivity index is 1.74. The lowest BCUT2D eigenvalue weighted by Crippen LogP contribution is -2.55. The van der Waals surface area contributed by atoms with Crippen molar-refractivity contribution in [3.05, 3.63) is 0 Å². The first-order valence-corrected chi connectivity index (χ1v) is 4.98. The van der Waals surface area contributed by atoms with Crippen molar-refractivity contribution in [2.45, 2.75) is 31.3 Å². The van der Waals surface area contributed by atoms with E-state index in [9.17, 15) is 4.79 Å². The highest BCUT2D eigenvalue weighted by molar-refractivity contribution is 5.82. The third-order valence-corrected chi connectivity index (χ3v) is 2.61. The maximum Gasteiger partial charge on any atom is 0.237 e. The zero-order chi connectivity index (χ0) is 9.10. The Morgan fingerprint density at radius 3 is 2.77 bits per heavy atom. The van der Waals surface area contributed by atoms with Crippen LogP contribution in [0.4, 0.5) is 0 Å². The summed E-state index contributed by atoms with van der Waals surface area (Å²) >= 11 is 0. The summed E-state index contributed by atoms with van der Waals surface area (Å²) < 4.78 is 4.99. The highest BCUT2D eigenvalue weighted by atomic mass is 16.5. The largest absolute Gasteiger partial charge is 0.377 e. The van der Waals surface area contributed by atoms with Gasteiger partial charge in [0.2, 0.25) is 5.91 Å². The summed E-state index contributed by atoms with van der Waals surface area (Å²) in [6, 6.07) is 0.297. The molecule has 2 saturated heterocycles. The van der Waals surface area contributed by atoms with Gasteiger partial charge in [0, 0.05) is 0 Å². The van der Waals surface area contributed by atoms with Gasteiger partial charge < -0.3 is 15.4 Å². The topological polar surface area (TPSA) is 50.4 Å². The fourth-order valence-corrected chi connectivity index (χ4v) is 1.70. The Morgan fingerprint density at radius 1 is 1.38 bits per heavy atom. The number of carbonyl (C=O) groups excluding carboxylic acids is 1. The molecule has 4 nitrogen and oxygen atoms in total. The smallest absolute Gasteiger partial charge is 0.237 e. The predicted molar refractivity (Wildman–Crippen MR) is 48.4 cm³/mol. The van der Waals surface area contributed by atoms with E-state index < -0.39 is 0 Å². The van der Waals surface area contributed by atoms with Crippen molar-refractivity contribution in [3.8, 4) is 0 Å². The second-order valence-electron chi connectivity index (χ2n) is 3.75. The van der Waals surface area contributed by atoms with E-state index in [4.69, 9.17) is 4.74 Å². The van der Waals surface area contributed by atoms with E-state index in [1.807, 2.05) is 0 Å². The summed E-state index contributed by atoms with van der Waals surface area (Å²) in [6.07, 6.45) is 3.32. The monoisotopic (exact) mass is 184 g/mol. The van der Waals surface area contributed by atoms with Crippen molar-refractivity contribution < 1.29 is 9.53 Å². The van der Waals surface area contributed by atoms with Crippen molar-refractivity contribution in [2.24, 2.45) is 0 Å². The first-order valence-electron chi connectivity index (χ1n) is 4.98. The molecule has 0 radical (unpaired) electrons. The van der Waals surface area contributed by atoms with Gasteiger partial charge in [-0.2, -0.15) is 0 Å². The minimum atomic E-state index is 0.0364. The van der Waals surface area contributed by atoms with Crippen LogP contribution < -0.4 is 10.6 Å². The average molecular weight is 184 g/mol. The molecule has 0 spiro atoms. The molecule has 1 amide bonds. The van der Waals surface area contributed by atoms with Crippen LogP contribution in [0.2, 0.25) is 0 Å². The predicted octanol–water partition coefficient (Wildman–Crippen LogP) is -0.357. The van der Waals surface area contributed by atoms with Crippen LogP contribution in [-0.2, 0) is 9.53 Å². The van der Waals surface area contributed by atoms with Gasteiger partial charge in [0.15, 0.2) is 0 Å². The Kier molecular flexibility index (Phi) is 2.80. The lowest BCUT2D eigenvalue weighted by Gasteiger charge is -2.30. The summed E-state index contributed by atoms with van der Waals surface area (Å²) in [6.45, 7) is 2.33. The summed E-state index contributed by atoms with van der Waals surface area (Å²) in [5, 5.41) is 6.18. The summed E-state index contributed by atoms with van der Waals surface area (Å²) in [5.74, 6) is 0.146. The third-order valence-electron chi connectivity index (χ3n) is 2.61. The molecule has 74 valence electrons. The van der Waals surface area contributed by atoms with Gasteiger partial charge in [-0.25, -0.2) is 0 Å². The Bertz CT molecular complexity index is 186. The first-order chi connectivity index (χ1) is 6.36. The number of hydrogen-bond acceptors (Lipinski definition) is 3. The molecule has 0 unspecified atom stereocenters. The molecule has 0 aromatic heterocycles. The summed E-state index contributed by atoms with van der Waals surface area (Å²) in [7, 11) is 0. The number of piperidine rings is 1. The van der Waals surface area contributed by atoms with Gasteiger partial charge in [0.05, 0.1) is 25.3 Å². The van der Waals surface area contributed by atoms with E-state index in [1.165, 1.54) is 6.42 Å². The fraction of sp³-hybridized carbons (Fsp3) is 0.889. The van der Waals surface area contributed by atoms with Gasteiger partial charge in [-0.1, -0.05) is 6.42 Å². The summed E-state index contributed by atoms with van der Waals surface area (Å²) in [4.78, 5) is 11.6. The number of rotatable bonds is 2. The fourth-order valence-electron chi connectivity index (χ4n) is 1.70. The van der Waals surface area contributed by atoms with E-state index in [0.29, 0.717) is 13.2 Å². The van der Waals surface area contributed by atoms with Crippen molar-refractivity contribution in [1.29, 1.82) is 0 Å². The molecular weight excluding hydrogens is 168 g/mol. The molecule has 2 heterocycles. The van der Waals surface area contributed by atoms with Gasteiger partial charge >= 0.3 is 0 Å². The molecule has 1 atom stereocenters. The van der Waals surface area contributed by atoms with Crippen molar-refractivity contribution >= 4 is 5.91 Å². The standard InChI is InChI=1S/C9H16N2O2/c12-9(11-7-5-13-6-7)8-3-1-2-4-10-8/h7-8,10H,1-6H2,(H,11,12)/t8-/m0/s1. The molecule has 0 aliphatic carbocycles. The van der Waals surface area contributed by atoms with E-state index >= 15 is 0 Å². The third kappa shape index (κ3) is 2.19. The normalized spacial score (nSPS) is 29.4. The van der Waals surface area contributed by atoms with Crippen LogP contribution in [-0.4, -0.2) is 37.7 Å². The van der Waals surface area contributed by atoms with E-state index in [-0.39, 0.29) is 18.0 Å². The highest BCUT2D eigenvalue weighted by Crippen LogP contribution is 2.08. The molecule has 2 N–H and O–H groups in total.